The lowest BCUT2D eigenvalue weighted by molar-refractivity contribution is 0.103. The summed E-state index contributed by atoms with van der Waals surface area (Å²) in [5, 5.41) is 0. The van der Waals surface area contributed by atoms with Crippen LogP contribution in [-0.2, 0) is 5.75 Å². The molecule has 18 heavy (non-hydrogen) atoms. The van der Waals surface area contributed by atoms with Gasteiger partial charge in [0.2, 0.25) is 0 Å². The number of hydrogen-bond acceptors (Lipinski definition) is 3. The summed E-state index contributed by atoms with van der Waals surface area (Å²) < 4.78 is 0. The summed E-state index contributed by atoms with van der Waals surface area (Å²) in [6, 6.07) is 13.3. The highest BCUT2D eigenvalue weighted by molar-refractivity contribution is 7.98. The lowest BCUT2D eigenvalue weighted by Crippen LogP contribution is -2.03. The van der Waals surface area contributed by atoms with Gasteiger partial charge in [-0.15, -0.1) is 24.2 Å². The SMILES string of the molecule is Cl.Nc1ccc2c(c1)SCc1ccccc1C2=O. The van der Waals surface area contributed by atoms with Crippen molar-refractivity contribution in [2.75, 3.05) is 5.73 Å². The maximum Gasteiger partial charge on any atom is 0.194 e. The zero-order valence-electron chi connectivity index (χ0n) is 9.55. The second-order valence-corrected chi connectivity index (χ2v) is 5.05. The van der Waals surface area contributed by atoms with Gasteiger partial charge in [-0.05, 0) is 23.8 Å². The van der Waals surface area contributed by atoms with E-state index in [-0.39, 0.29) is 18.2 Å². The van der Waals surface area contributed by atoms with Crippen LogP contribution in [0.25, 0.3) is 0 Å². The van der Waals surface area contributed by atoms with Gasteiger partial charge in [0.05, 0.1) is 0 Å². The number of anilines is 1. The van der Waals surface area contributed by atoms with E-state index < -0.39 is 0 Å². The molecule has 0 amide bonds. The minimum Gasteiger partial charge on any atom is -0.399 e. The molecule has 0 fully saturated rings. The zero-order valence-corrected chi connectivity index (χ0v) is 11.2. The second kappa shape index (κ2) is 5.04. The summed E-state index contributed by atoms with van der Waals surface area (Å²) in [7, 11) is 0. The molecule has 0 unspecified atom stereocenters. The number of carbonyl (C=O) groups is 1. The molecule has 0 spiro atoms. The van der Waals surface area contributed by atoms with Gasteiger partial charge in [-0.25, -0.2) is 0 Å². The van der Waals surface area contributed by atoms with Crippen LogP contribution in [-0.4, -0.2) is 5.78 Å². The van der Waals surface area contributed by atoms with E-state index in [4.69, 9.17) is 5.73 Å². The van der Waals surface area contributed by atoms with Gasteiger partial charge in [-0.3, -0.25) is 4.79 Å². The van der Waals surface area contributed by atoms with Gasteiger partial charge in [0, 0.05) is 27.5 Å². The molecule has 0 radical (unpaired) electrons. The fraction of sp³-hybridized carbons (Fsp3) is 0.0714. The summed E-state index contributed by atoms with van der Waals surface area (Å²) in [5.41, 5.74) is 9.12. The highest BCUT2D eigenvalue weighted by Gasteiger charge is 2.20. The number of rotatable bonds is 0. The first-order valence-electron chi connectivity index (χ1n) is 5.40. The van der Waals surface area contributed by atoms with Gasteiger partial charge in [0.15, 0.2) is 5.78 Å². The molecule has 4 heteroatoms. The van der Waals surface area contributed by atoms with E-state index in [2.05, 4.69) is 0 Å². The average molecular weight is 278 g/mol. The van der Waals surface area contributed by atoms with Gasteiger partial charge in [-0.1, -0.05) is 24.3 Å². The molecule has 0 atom stereocenters. The highest BCUT2D eigenvalue weighted by atomic mass is 35.5. The first-order chi connectivity index (χ1) is 8.25. The number of nitrogens with two attached hydrogens (primary N) is 1. The molecule has 1 aliphatic rings. The molecule has 3 rings (SSSR count). The van der Waals surface area contributed by atoms with E-state index in [1.165, 1.54) is 0 Å². The molecule has 0 bridgehead atoms. The maximum atomic E-state index is 12.4. The van der Waals surface area contributed by atoms with Gasteiger partial charge in [0.25, 0.3) is 0 Å². The predicted molar refractivity (Wildman–Crippen MR) is 77.5 cm³/mol. The summed E-state index contributed by atoms with van der Waals surface area (Å²) >= 11 is 1.67. The lowest BCUT2D eigenvalue weighted by atomic mass is 9.99. The number of halogens is 1. The Bertz CT molecular complexity index is 612. The molecule has 2 N–H and O–H groups in total. The van der Waals surface area contributed by atoms with Gasteiger partial charge >= 0.3 is 0 Å². The van der Waals surface area contributed by atoms with Crippen molar-refractivity contribution in [3.05, 3.63) is 59.2 Å². The van der Waals surface area contributed by atoms with Crippen LogP contribution in [0.1, 0.15) is 21.5 Å². The second-order valence-electron chi connectivity index (χ2n) is 4.03. The zero-order chi connectivity index (χ0) is 11.8. The van der Waals surface area contributed by atoms with E-state index >= 15 is 0 Å². The van der Waals surface area contributed by atoms with Crippen LogP contribution in [0, 0.1) is 0 Å². The van der Waals surface area contributed by atoms with Crippen molar-refractivity contribution in [1.82, 2.24) is 0 Å². The molecule has 0 saturated heterocycles. The first-order valence-corrected chi connectivity index (χ1v) is 6.39. The third kappa shape index (κ3) is 2.11. The largest absolute Gasteiger partial charge is 0.399 e. The molecule has 92 valence electrons. The Morgan fingerprint density at radius 2 is 1.83 bits per heavy atom. The highest BCUT2D eigenvalue weighted by Crippen LogP contribution is 2.34. The van der Waals surface area contributed by atoms with Crippen molar-refractivity contribution in [2.24, 2.45) is 0 Å². The topological polar surface area (TPSA) is 43.1 Å². The van der Waals surface area contributed by atoms with Crippen LogP contribution in [0.4, 0.5) is 5.69 Å². The van der Waals surface area contributed by atoms with Crippen molar-refractivity contribution >= 4 is 35.6 Å². The summed E-state index contributed by atoms with van der Waals surface area (Å²) in [4.78, 5) is 13.4. The third-order valence-electron chi connectivity index (χ3n) is 2.90. The molecule has 2 nitrogen and oxygen atoms in total. The molecular weight excluding hydrogens is 266 g/mol. The Balaban J connectivity index is 0.00000120. The molecule has 1 aliphatic heterocycles. The van der Waals surface area contributed by atoms with E-state index in [9.17, 15) is 4.79 Å². The standard InChI is InChI=1S/C14H11NOS.ClH/c15-10-5-6-12-13(7-10)17-8-9-3-1-2-4-11(9)14(12)16;/h1-7H,8,15H2;1H. The molecule has 0 saturated carbocycles. The maximum absolute atomic E-state index is 12.4. The van der Waals surface area contributed by atoms with Crippen LogP contribution in [0.2, 0.25) is 0 Å². The predicted octanol–water partition coefficient (Wildman–Crippen LogP) is 3.53. The van der Waals surface area contributed by atoms with Gasteiger partial charge in [-0.2, -0.15) is 0 Å². The molecule has 2 aromatic rings. The first kappa shape index (κ1) is 13.0. The van der Waals surface area contributed by atoms with E-state index in [1.54, 1.807) is 17.8 Å². The van der Waals surface area contributed by atoms with E-state index in [0.717, 1.165) is 27.3 Å². The number of nitrogen functional groups attached to an aromatic ring is 1. The molecule has 0 aliphatic carbocycles. The molecule has 1 heterocycles. The Morgan fingerprint density at radius 1 is 1.06 bits per heavy atom. The molecule has 0 aromatic heterocycles. The number of fused-ring (bicyclic) bond motifs is 2. The van der Waals surface area contributed by atoms with Gasteiger partial charge < -0.3 is 5.73 Å². The Hall–Kier alpha value is -1.45. The van der Waals surface area contributed by atoms with Crippen LogP contribution in [0.15, 0.2) is 47.4 Å². The van der Waals surface area contributed by atoms with E-state index in [0.29, 0.717) is 5.69 Å². The fourth-order valence-corrected chi connectivity index (χ4v) is 3.11. The lowest BCUT2D eigenvalue weighted by Gasteiger charge is -2.04. The van der Waals surface area contributed by atoms with Crippen LogP contribution in [0.5, 0.6) is 0 Å². The monoisotopic (exact) mass is 277 g/mol. The van der Waals surface area contributed by atoms with Crippen molar-refractivity contribution in [3.8, 4) is 0 Å². The smallest absolute Gasteiger partial charge is 0.194 e. The number of ketones is 1. The molecular formula is C14H12ClNOS. The average Bonchev–Trinajstić information content (AvgIpc) is 2.48. The van der Waals surface area contributed by atoms with Crippen LogP contribution < -0.4 is 5.73 Å². The molecule has 2 aromatic carbocycles. The van der Waals surface area contributed by atoms with Crippen LogP contribution >= 0.6 is 24.2 Å². The number of carbonyl (C=O) groups excluding carboxylic acids is 1. The van der Waals surface area contributed by atoms with Crippen molar-refractivity contribution in [3.63, 3.8) is 0 Å². The minimum absolute atomic E-state index is 0. The van der Waals surface area contributed by atoms with Crippen molar-refractivity contribution < 1.29 is 4.79 Å². The van der Waals surface area contributed by atoms with Crippen molar-refractivity contribution in [2.45, 2.75) is 10.6 Å². The number of benzene rings is 2. The summed E-state index contributed by atoms with van der Waals surface area (Å²) in [6.45, 7) is 0. The summed E-state index contributed by atoms with van der Waals surface area (Å²) in [5.74, 6) is 0.916. The van der Waals surface area contributed by atoms with Crippen molar-refractivity contribution in [1.29, 1.82) is 0 Å². The fourth-order valence-electron chi connectivity index (χ4n) is 2.01. The quantitative estimate of drug-likeness (QED) is 0.749. The summed E-state index contributed by atoms with van der Waals surface area (Å²) in [6.07, 6.45) is 0. The Morgan fingerprint density at radius 3 is 2.67 bits per heavy atom. The normalized spacial score (nSPS) is 13.0. The van der Waals surface area contributed by atoms with E-state index in [1.807, 2.05) is 36.4 Å². The van der Waals surface area contributed by atoms with Crippen LogP contribution in [0.3, 0.4) is 0 Å². The Labute approximate surface area is 116 Å². The Kier molecular flexibility index (Phi) is 3.64. The van der Waals surface area contributed by atoms with Gasteiger partial charge in [0.1, 0.15) is 0 Å². The number of thioether (sulfide) groups is 1. The number of hydrogen-bond donors (Lipinski definition) is 1. The third-order valence-corrected chi connectivity index (χ3v) is 4.00. The minimum atomic E-state index is 0.